The molecule has 3 aliphatic rings. The molecule has 3 aliphatic carbocycles. The fourth-order valence-electron chi connectivity index (χ4n) is 13.2. The van der Waals surface area contributed by atoms with Gasteiger partial charge >= 0.3 is 0 Å². The number of benzene rings is 10. The minimum Gasteiger partial charge on any atom is -0.310 e. The maximum Gasteiger partial charge on any atom is 0.0490 e. The molecule has 0 unspecified atom stereocenters. The molecule has 0 atom stereocenters. The number of aryl methyl sites for hydroxylation is 4. The first kappa shape index (κ1) is 49.8. The number of hydrogen-bond donors (Lipinski definition) is 0. The lowest BCUT2D eigenvalue weighted by Gasteiger charge is -2.29. The Kier molecular flexibility index (Phi) is 11.8. The van der Waals surface area contributed by atoms with E-state index in [-0.39, 0.29) is 16.2 Å². The van der Waals surface area contributed by atoms with Crippen molar-refractivity contribution in [2.24, 2.45) is 0 Å². The van der Waals surface area contributed by atoms with Crippen LogP contribution in [-0.2, 0) is 16.2 Å². The Labute approximate surface area is 468 Å². The van der Waals surface area contributed by atoms with Crippen LogP contribution in [0.3, 0.4) is 0 Å². The monoisotopic (exact) mass is 1020 g/mol. The molecule has 0 saturated carbocycles. The van der Waals surface area contributed by atoms with Crippen LogP contribution < -0.4 is 9.80 Å². The van der Waals surface area contributed by atoms with Crippen molar-refractivity contribution in [3.63, 3.8) is 0 Å². The second-order valence-corrected chi connectivity index (χ2v) is 24.1. The maximum atomic E-state index is 2.43. The van der Waals surface area contributed by atoms with E-state index in [1.54, 1.807) is 0 Å². The largest absolute Gasteiger partial charge is 0.310 e. The summed E-state index contributed by atoms with van der Waals surface area (Å²) in [6, 6.07) is 77.5. The Morgan fingerprint density at radius 3 is 0.810 bits per heavy atom. The lowest BCUT2D eigenvalue weighted by Crippen LogP contribution is -2.17. The molecule has 10 aromatic carbocycles. The predicted octanol–water partition coefficient (Wildman–Crippen LogP) is 21.1. The molecule has 0 spiro atoms. The summed E-state index contributed by atoms with van der Waals surface area (Å²) in [5, 5.41) is 0. The molecule has 0 bridgehead atoms. The van der Waals surface area contributed by atoms with Gasteiger partial charge in [-0.25, -0.2) is 0 Å². The molecule has 13 rings (SSSR count). The van der Waals surface area contributed by atoms with Gasteiger partial charge in [0.05, 0.1) is 0 Å². The SMILES string of the molecule is Cc1ccc(N(c2ccc3c(c2)C(C)(C)c2cc(C=Cc4ccc5c(c4)C(C)(C)c4cc(C=Cc6ccc7c(c6)C(C)(C)c6cc(N(c8ccc(C)cc8)c8ccccc8C)ccc6-7)ccc4-5)ccc2-3)c2ccccc2C)cc1. The summed E-state index contributed by atoms with van der Waals surface area (Å²) in [6.07, 6.45) is 9.19. The molecule has 79 heavy (non-hydrogen) atoms. The van der Waals surface area contributed by atoms with Crippen molar-refractivity contribution in [3.8, 4) is 33.4 Å². The Hall–Kier alpha value is -8.72. The summed E-state index contributed by atoms with van der Waals surface area (Å²) in [5.41, 5.74) is 32.6. The van der Waals surface area contributed by atoms with Gasteiger partial charge in [0.2, 0.25) is 0 Å². The highest BCUT2D eigenvalue weighted by molar-refractivity contribution is 5.90. The summed E-state index contributed by atoms with van der Waals surface area (Å²) in [5.74, 6) is 0. The first-order chi connectivity index (χ1) is 38.0. The summed E-state index contributed by atoms with van der Waals surface area (Å²) >= 11 is 0. The highest BCUT2D eigenvalue weighted by Crippen LogP contribution is 2.54. The highest BCUT2D eigenvalue weighted by atomic mass is 15.1. The molecule has 0 amide bonds. The van der Waals surface area contributed by atoms with Gasteiger partial charge in [-0.2, -0.15) is 0 Å². The molecule has 2 nitrogen and oxygen atoms in total. The average molecular weight is 1020 g/mol. The van der Waals surface area contributed by atoms with Gasteiger partial charge in [0, 0.05) is 50.4 Å². The van der Waals surface area contributed by atoms with Crippen molar-refractivity contribution in [1.82, 2.24) is 0 Å². The highest BCUT2D eigenvalue weighted by Gasteiger charge is 2.39. The van der Waals surface area contributed by atoms with Crippen LogP contribution in [0, 0.1) is 27.7 Å². The molecule has 2 heteroatoms. The number of anilines is 6. The van der Waals surface area contributed by atoms with E-state index in [1.807, 2.05) is 0 Å². The molecule has 0 saturated heterocycles. The quantitative estimate of drug-likeness (QED) is 0.126. The van der Waals surface area contributed by atoms with Crippen molar-refractivity contribution < 1.29 is 0 Å². The molecule has 0 N–H and O–H groups in total. The third kappa shape index (κ3) is 8.39. The molecule has 386 valence electrons. The van der Waals surface area contributed by atoms with Crippen LogP contribution in [0.15, 0.2) is 206 Å². The third-order valence-electron chi connectivity index (χ3n) is 17.8. The first-order valence-corrected chi connectivity index (χ1v) is 28.1. The van der Waals surface area contributed by atoms with E-state index in [1.165, 1.54) is 134 Å². The van der Waals surface area contributed by atoms with E-state index in [0.29, 0.717) is 0 Å². The van der Waals surface area contributed by atoms with Crippen LogP contribution in [0.4, 0.5) is 34.1 Å². The summed E-state index contributed by atoms with van der Waals surface area (Å²) in [6.45, 7) is 23.0. The predicted molar refractivity (Wildman–Crippen MR) is 338 cm³/mol. The number of rotatable bonds is 10. The van der Waals surface area contributed by atoms with Crippen LogP contribution in [0.1, 0.15) is 119 Å². The second kappa shape index (κ2) is 18.7. The Balaban J connectivity index is 0.733. The van der Waals surface area contributed by atoms with Crippen LogP contribution in [0.25, 0.3) is 57.7 Å². The van der Waals surface area contributed by atoms with Crippen LogP contribution >= 0.6 is 0 Å². The molecule has 0 fully saturated rings. The summed E-state index contributed by atoms with van der Waals surface area (Å²) in [7, 11) is 0. The molecule has 0 heterocycles. The Bertz CT molecular complexity index is 3870. The number of fused-ring (bicyclic) bond motifs is 9. The minimum atomic E-state index is -0.170. The van der Waals surface area contributed by atoms with E-state index < -0.39 is 0 Å². The number of hydrogen-bond acceptors (Lipinski definition) is 2. The van der Waals surface area contributed by atoms with Crippen molar-refractivity contribution in [1.29, 1.82) is 0 Å². The molecule has 0 aliphatic heterocycles. The lowest BCUT2D eigenvalue weighted by molar-refractivity contribution is 0.660. The van der Waals surface area contributed by atoms with Gasteiger partial charge in [0.1, 0.15) is 0 Å². The fourth-order valence-corrected chi connectivity index (χ4v) is 13.2. The van der Waals surface area contributed by atoms with E-state index in [4.69, 9.17) is 0 Å². The first-order valence-electron chi connectivity index (χ1n) is 28.1. The Morgan fingerprint density at radius 2 is 0.519 bits per heavy atom. The third-order valence-corrected chi connectivity index (χ3v) is 17.8. The molecule has 0 aromatic heterocycles. The molecule has 0 radical (unpaired) electrons. The Morgan fingerprint density at radius 1 is 0.266 bits per heavy atom. The fraction of sp³-hybridized carbons (Fsp3) is 0.169. The van der Waals surface area contributed by atoms with Crippen molar-refractivity contribution in [3.05, 3.63) is 284 Å². The molecule has 10 aromatic rings. The maximum absolute atomic E-state index is 2.43. The van der Waals surface area contributed by atoms with Crippen LogP contribution in [-0.4, -0.2) is 0 Å². The molecular formula is C77H68N2. The van der Waals surface area contributed by atoms with Gasteiger partial charge in [-0.15, -0.1) is 0 Å². The van der Waals surface area contributed by atoms with E-state index in [9.17, 15) is 0 Å². The van der Waals surface area contributed by atoms with Crippen LogP contribution in [0.5, 0.6) is 0 Å². The van der Waals surface area contributed by atoms with Gasteiger partial charge in [0.25, 0.3) is 0 Å². The van der Waals surface area contributed by atoms with Gasteiger partial charge < -0.3 is 9.80 Å². The number of para-hydroxylation sites is 2. The topological polar surface area (TPSA) is 6.48 Å². The van der Waals surface area contributed by atoms with Crippen molar-refractivity contribution in [2.75, 3.05) is 9.80 Å². The zero-order valence-corrected chi connectivity index (χ0v) is 47.3. The van der Waals surface area contributed by atoms with Crippen molar-refractivity contribution in [2.45, 2.75) is 85.5 Å². The minimum absolute atomic E-state index is 0.148. The number of nitrogens with zero attached hydrogens (tertiary/aromatic N) is 2. The normalized spacial score (nSPS) is 14.7. The summed E-state index contributed by atoms with van der Waals surface area (Å²) < 4.78 is 0. The zero-order chi connectivity index (χ0) is 54.5. The van der Waals surface area contributed by atoms with Gasteiger partial charge in [-0.3, -0.25) is 0 Å². The van der Waals surface area contributed by atoms with E-state index >= 15 is 0 Å². The van der Waals surface area contributed by atoms with Crippen LogP contribution in [0.2, 0.25) is 0 Å². The molecular weight excluding hydrogens is 953 g/mol. The smallest absolute Gasteiger partial charge is 0.0490 e. The summed E-state index contributed by atoms with van der Waals surface area (Å²) in [4.78, 5) is 4.82. The standard InChI is InChI=1S/C77H68N2/c1-49-19-31-57(32-20-49)78(73-17-13-11-15-51(73)3)59-35-41-65-63-39-29-55(45-69(63)76(7,8)71(65)47-59)25-23-53-27-37-61-62-38-28-54(44-68(62)75(5,6)67(61)43-53)24-26-56-30-40-64-66-42-36-60(48-72(66)77(9,10)70(64)46-56)79(58-33-21-50(2)22-34-58)74-18-14-12-16-52(74)4/h11-48H,1-10H3. The van der Waals surface area contributed by atoms with Gasteiger partial charge in [0.15, 0.2) is 0 Å². The van der Waals surface area contributed by atoms with E-state index in [2.05, 4.69) is 310 Å². The zero-order valence-electron chi connectivity index (χ0n) is 47.3. The van der Waals surface area contributed by atoms with Gasteiger partial charge in [-0.05, 0) is 189 Å². The average Bonchev–Trinajstić information content (AvgIpc) is 4.10. The van der Waals surface area contributed by atoms with Gasteiger partial charge in [-0.1, -0.05) is 223 Å². The lowest BCUT2D eigenvalue weighted by atomic mass is 9.81. The second-order valence-electron chi connectivity index (χ2n) is 24.1. The van der Waals surface area contributed by atoms with E-state index in [0.717, 1.165) is 11.4 Å². The van der Waals surface area contributed by atoms with Crippen molar-refractivity contribution >= 4 is 58.4 Å².